The number of piperidine rings is 1. The molecule has 0 aliphatic carbocycles. The van der Waals surface area contributed by atoms with Gasteiger partial charge in [0, 0.05) is 44.1 Å². The maximum Gasteiger partial charge on any atom is 0.420 e. The van der Waals surface area contributed by atoms with Crippen LogP contribution < -0.4 is 10.1 Å². The molecule has 2 saturated heterocycles. The van der Waals surface area contributed by atoms with E-state index in [0.29, 0.717) is 31.4 Å². The Morgan fingerprint density at radius 3 is 2.45 bits per heavy atom. The molecule has 228 valence electrons. The van der Waals surface area contributed by atoms with Crippen molar-refractivity contribution < 1.29 is 30.7 Å². The zero-order valence-corrected chi connectivity index (χ0v) is 24.2. The molecule has 2 aliphatic heterocycles. The number of halogens is 4. The summed E-state index contributed by atoms with van der Waals surface area (Å²) < 4.78 is 89.0. The largest absolute Gasteiger partial charge is 0.492 e. The first-order chi connectivity index (χ1) is 19.9. The lowest BCUT2D eigenvalue weighted by Gasteiger charge is -2.30. The van der Waals surface area contributed by atoms with Crippen molar-refractivity contribution >= 4 is 16.0 Å². The van der Waals surface area contributed by atoms with Crippen LogP contribution in [-0.4, -0.2) is 88.8 Å². The molecule has 2 aliphatic rings. The van der Waals surface area contributed by atoms with Crippen molar-refractivity contribution in [3.63, 3.8) is 0 Å². The highest BCUT2D eigenvalue weighted by Crippen LogP contribution is 2.36. The molecule has 2 aromatic heterocycles. The minimum Gasteiger partial charge on any atom is -0.492 e. The Morgan fingerprint density at radius 1 is 1.10 bits per heavy atom. The molecule has 1 aromatic carbocycles. The molecule has 0 bridgehead atoms. The molecule has 3 aromatic rings. The number of likely N-dealkylation sites (tertiary alicyclic amines) is 1. The van der Waals surface area contributed by atoms with Gasteiger partial charge < -0.3 is 14.6 Å². The van der Waals surface area contributed by atoms with Crippen molar-refractivity contribution in [2.24, 2.45) is 0 Å². The fourth-order valence-corrected chi connectivity index (χ4v) is 6.14. The van der Waals surface area contributed by atoms with Crippen molar-refractivity contribution in [3.05, 3.63) is 47.8 Å². The average Bonchev–Trinajstić information content (AvgIpc) is 3.58. The van der Waals surface area contributed by atoms with Crippen LogP contribution in [0.25, 0.3) is 17.1 Å². The first kappa shape index (κ1) is 30.2. The number of anilines is 1. The SMILES string of the molecule is Cc1nc(-c2nc(NC3CCN(S(C)(=O)=O)CC3)ncc2C(F)(F)F)cn1-c1ccc(OCCN2CCCC2)cc1F. The number of benzene rings is 1. The van der Waals surface area contributed by atoms with Crippen LogP contribution in [-0.2, 0) is 16.2 Å². The van der Waals surface area contributed by atoms with E-state index in [9.17, 15) is 21.6 Å². The molecule has 0 saturated carbocycles. The number of rotatable bonds is 9. The van der Waals surface area contributed by atoms with Crippen LogP contribution in [0.2, 0.25) is 0 Å². The van der Waals surface area contributed by atoms with Gasteiger partial charge >= 0.3 is 6.18 Å². The quantitative estimate of drug-likeness (QED) is 0.361. The number of aryl methyl sites for hydroxylation is 1. The van der Waals surface area contributed by atoms with E-state index in [2.05, 4.69) is 25.2 Å². The van der Waals surface area contributed by atoms with Gasteiger partial charge in [-0.3, -0.25) is 4.90 Å². The second-order valence-corrected chi connectivity index (χ2v) is 12.6. The summed E-state index contributed by atoms with van der Waals surface area (Å²) >= 11 is 0. The number of imidazole rings is 1. The molecule has 42 heavy (non-hydrogen) atoms. The van der Waals surface area contributed by atoms with Gasteiger partial charge in [0.25, 0.3) is 0 Å². The lowest BCUT2D eigenvalue weighted by atomic mass is 10.1. The van der Waals surface area contributed by atoms with Crippen molar-refractivity contribution in [3.8, 4) is 22.8 Å². The molecule has 0 atom stereocenters. The van der Waals surface area contributed by atoms with Crippen molar-refractivity contribution in [1.82, 2.24) is 28.7 Å². The van der Waals surface area contributed by atoms with Crippen LogP contribution in [0.1, 0.15) is 37.1 Å². The summed E-state index contributed by atoms with van der Waals surface area (Å²) in [7, 11) is -3.32. The lowest BCUT2D eigenvalue weighted by molar-refractivity contribution is -0.137. The molecule has 4 heterocycles. The summed E-state index contributed by atoms with van der Waals surface area (Å²) in [4.78, 5) is 14.6. The Morgan fingerprint density at radius 2 is 1.81 bits per heavy atom. The third kappa shape index (κ3) is 7.01. The van der Waals surface area contributed by atoms with Gasteiger partial charge in [-0.05, 0) is 57.8 Å². The van der Waals surface area contributed by atoms with Gasteiger partial charge in [-0.1, -0.05) is 0 Å². The van der Waals surface area contributed by atoms with Crippen LogP contribution >= 0.6 is 0 Å². The number of hydrogen-bond donors (Lipinski definition) is 1. The molecule has 0 spiro atoms. The second-order valence-electron chi connectivity index (χ2n) is 10.6. The van der Waals surface area contributed by atoms with Gasteiger partial charge in [0.1, 0.15) is 35.1 Å². The van der Waals surface area contributed by atoms with Crippen LogP contribution in [0, 0.1) is 12.7 Å². The van der Waals surface area contributed by atoms with Crippen molar-refractivity contribution in [2.45, 2.75) is 44.8 Å². The molecule has 0 unspecified atom stereocenters. The number of nitrogens with zero attached hydrogens (tertiary/aromatic N) is 6. The summed E-state index contributed by atoms with van der Waals surface area (Å²) in [6.07, 6.45) is 1.60. The maximum absolute atomic E-state index is 15.2. The minimum absolute atomic E-state index is 0.0374. The maximum atomic E-state index is 15.2. The third-order valence-corrected chi connectivity index (χ3v) is 8.83. The monoisotopic (exact) mass is 611 g/mol. The first-order valence-electron chi connectivity index (χ1n) is 13.8. The zero-order valence-electron chi connectivity index (χ0n) is 23.4. The Hall–Kier alpha value is -3.30. The molecule has 15 heteroatoms. The summed E-state index contributed by atoms with van der Waals surface area (Å²) in [5, 5.41) is 3.02. The number of sulfonamides is 1. The minimum atomic E-state index is -4.76. The highest BCUT2D eigenvalue weighted by atomic mass is 32.2. The van der Waals surface area contributed by atoms with Crippen LogP contribution in [0.3, 0.4) is 0 Å². The Bertz CT molecular complexity index is 1520. The van der Waals surface area contributed by atoms with E-state index in [0.717, 1.165) is 25.9 Å². The van der Waals surface area contributed by atoms with E-state index in [1.807, 2.05) is 0 Å². The molecule has 1 N–H and O–H groups in total. The van der Waals surface area contributed by atoms with Crippen molar-refractivity contribution in [2.75, 3.05) is 50.9 Å². The normalized spacial score (nSPS) is 17.6. The van der Waals surface area contributed by atoms with E-state index < -0.39 is 33.3 Å². The highest BCUT2D eigenvalue weighted by Gasteiger charge is 2.36. The van der Waals surface area contributed by atoms with E-state index in [-0.39, 0.29) is 42.3 Å². The fourth-order valence-electron chi connectivity index (χ4n) is 5.27. The Balaban J connectivity index is 1.35. The number of nitrogens with one attached hydrogen (secondary N) is 1. The van der Waals surface area contributed by atoms with E-state index in [4.69, 9.17) is 4.74 Å². The first-order valence-corrected chi connectivity index (χ1v) is 15.6. The summed E-state index contributed by atoms with van der Waals surface area (Å²) in [5.74, 6) is -0.0189. The summed E-state index contributed by atoms with van der Waals surface area (Å²) in [5.41, 5.74) is -1.51. The highest BCUT2D eigenvalue weighted by molar-refractivity contribution is 7.88. The van der Waals surface area contributed by atoms with Crippen LogP contribution in [0.15, 0.2) is 30.6 Å². The number of ether oxygens (including phenoxy) is 1. The van der Waals surface area contributed by atoms with Gasteiger partial charge in [0.2, 0.25) is 16.0 Å². The zero-order chi connectivity index (χ0) is 30.1. The predicted molar refractivity (Wildman–Crippen MR) is 149 cm³/mol. The van der Waals surface area contributed by atoms with Crippen LogP contribution in [0.5, 0.6) is 5.75 Å². The van der Waals surface area contributed by atoms with E-state index in [1.54, 1.807) is 13.0 Å². The van der Waals surface area contributed by atoms with Crippen molar-refractivity contribution in [1.29, 1.82) is 0 Å². The Kier molecular flexibility index (Phi) is 8.71. The van der Waals surface area contributed by atoms with Gasteiger partial charge in [0.05, 0.1) is 11.9 Å². The predicted octanol–water partition coefficient (Wildman–Crippen LogP) is 4.11. The van der Waals surface area contributed by atoms with Gasteiger partial charge in [-0.15, -0.1) is 0 Å². The third-order valence-electron chi connectivity index (χ3n) is 7.53. The smallest absolute Gasteiger partial charge is 0.420 e. The number of alkyl halides is 3. The number of aromatic nitrogens is 4. The molecule has 10 nitrogen and oxygen atoms in total. The average molecular weight is 612 g/mol. The second kappa shape index (κ2) is 12.1. The topological polar surface area (TPSA) is 105 Å². The molecule has 5 rings (SSSR count). The summed E-state index contributed by atoms with van der Waals surface area (Å²) in [6, 6.07) is 4.14. The molecule has 0 amide bonds. The Labute approximate surface area is 241 Å². The standard InChI is InChI=1S/C27H33F4N7O3S/c1-18-33-23(17-38(18)24-6-5-20(15-22(24)28)41-14-13-36-9-3-4-10-36)25-21(27(29,30)31)16-32-26(35-25)34-19-7-11-37(12-8-19)42(2,39)40/h5-6,15-17,19H,3-4,7-14H2,1-2H3,(H,32,34,35). The van der Waals surface area contributed by atoms with Gasteiger partial charge in [-0.2, -0.15) is 13.2 Å². The summed E-state index contributed by atoms with van der Waals surface area (Å²) in [6.45, 7) is 5.36. The molecule has 0 radical (unpaired) electrons. The van der Waals surface area contributed by atoms with E-state index in [1.165, 1.54) is 40.0 Å². The van der Waals surface area contributed by atoms with Gasteiger partial charge in [0.15, 0.2) is 5.82 Å². The van der Waals surface area contributed by atoms with E-state index >= 15 is 4.39 Å². The molecule has 2 fully saturated rings. The van der Waals surface area contributed by atoms with Crippen LogP contribution in [0.4, 0.5) is 23.5 Å². The number of hydrogen-bond acceptors (Lipinski definition) is 8. The molecular weight excluding hydrogens is 578 g/mol. The fraction of sp³-hybridized carbons (Fsp3) is 0.519. The lowest BCUT2D eigenvalue weighted by Crippen LogP contribution is -2.42. The molecular formula is C27H33F4N7O3S. The van der Waals surface area contributed by atoms with Gasteiger partial charge in [-0.25, -0.2) is 32.1 Å².